The molecule has 0 saturated heterocycles. The molecule has 3 aromatic rings. The summed E-state index contributed by atoms with van der Waals surface area (Å²) >= 11 is 0. The summed E-state index contributed by atoms with van der Waals surface area (Å²) in [5.41, 5.74) is 1.50. The van der Waals surface area contributed by atoms with Crippen LogP contribution in [0, 0.1) is 0 Å². The van der Waals surface area contributed by atoms with Crippen LogP contribution in [0.15, 0.2) is 53.5 Å². The van der Waals surface area contributed by atoms with Crippen LogP contribution >= 0.6 is 0 Å². The van der Waals surface area contributed by atoms with Gasteiger partial charge in [0.2, 0.25) is 5.91 Å². The summed E-state index contributed by atoms with van der Waals surface area (Å²) in [6.07, 6.45) is 2.74. The van der Waals surface area contributed by atoms with Crippen molar-refractivity contribution in [2.24, 2.45) is 0 Å². The first-order valence-electron chi connectivity index (χ1n) is 10.6. The first kappa shape index (κ1) is 23.1. The second-order valence-electron chi connectivity index (χ2n) is 6.94. The van der Waals surface area contributed by atoms with Crippen molar-refractivity contribution in [2.45, 2.75) is 26.2 Å². The highest BCUT2D eigenvalue weighted by atomic mass is 16.5. The molecule has 2 heterocycles. The normalized spacial score (nSPS) is 10.7. The molecule has 9 heteroatoms. The van der Waals surface area contributed by atoms with Gasteiger partial charge in [-0.05, 0) is 43.3 Å². The molecule has 0 spiro atoms. The molecule has 1 amide bonds. The van der Waals surface area contributed by atoms with Crippen LogP contribution in [0.4, 0.5) is 0 Å². The zero-order valence-electron chi connectivity index (χ0n) is 18.0. The molecule has 0 aliphatic rings. The monoisotopic (exact) mass is 437 g/mol. The van der Waals surface area contributed by atoms with Crippen molar-refractivity contribution in [2.75, 3.05) is 26.4 Å². The number of nitrogens with one attached hydrogen (secondary N) is 2. The molecule has 0 radical (unpaired) electrons. The van der Waals surface area contributed by atoms with Gasteiger partial charge in [-0.1, -0.05) is 6.07 Å². The van der Waals surface area contributed by atoms with Gasteiger partial charge in [-0.15, -0.1) is 10.2 Å². The lowest BCUT2D eigenvalue weighted by Gasteiger charge is -2.07. The van der Waals surface area contributed by atoms with E-state index in [0.29, 0.717) is 49.9 Å². The number of hydrogen-bond donors (Lipinski definition) is 2. The minimum Gasteiger partial charge on any atom is -0.491 e. The number of ether oxygens (including phenoxy) is 2. The lowest BCUT2D eigenvalue weighted by molar-refractivity contribution is -0.121. The number of amides is 1. The van der Waals surface area contributed by atoms with Gasteiger partial charge in [0.05, 0.1) is 6.61 Å². The summed E-state index contributed by atoms with van der Waals surface area (Å²) in [6.45, 7) is 4.07. The van der Waals surface area contributed by atoms with Crippen LogP contribution in [0.1, 0.15) is 24.7 Å². The highest BCUT2D eigenvalue weighted by molar-refractivity contribution is 5.76. The first-order chi connectivity index (χ1) is 15.7. The molecule has 0 fully saturated rings. The van der Waals surface area contributed by atoms with Crippen molar-refractivity contribution in [1.29, 1.82) is 0 Å². The van der Waals surface area contributed by atoms with Crippen molar-refractivity contribution >= 4 is 5.91 Å². The molecule has 0 aliphatic carbocycles. The lowest BCUT2D eigenvalue weighted by atomic mass is 10.2. The summed E-state index contributed by atoms with van der Waals surface area (Å²) in [6, 6.07) is 12.8. The number of H-pyrrole nitrogens is 1. The Morgan fingerprint density at radius 2 is 1.91 bits per heavy atom. The Morgan fingerprint density at radius 1 is 1.06 bits per heavy atom. The highest BCUT2D eigenvalue weighted by Crippen LogP contribution is 2.18. The third kappa shape index (κ3) is 7.28. The van der Waals surface area contributed by atoms with Crippen LogP contribution in [-0.2, 0) is 22.4 Å². The molecule has 0 aliphatic heterocycles. The van der Waals surface area contributed by atoms with Gasteiger partial charge in [0.25, 0.3) is 5.56 Å². The van der Waals surface area contributed by atoms with E-state index in [1.54, 1.807) is 30.5 Å². The molecular formula is C23H27N5O4. The van der Waals surface area contributed by atoms with Gasteiger partial charge < -0.3 is 19.8 Å². The molecule has 0 bridgehead atoms. The highest BCUT2D eigenvalue weighted by Gasteiger charge is 2.10. The average molecular weight is 438 g/mol. The topological polar surface area (TPSA) is 119 Å². The largest absolute Gasteiger partial charge is 0.491 e. The number of hydrogen-bond acceptors (Lipinski definition) is 7. The van der Waals surface area contributed by atoms with Gasteiger partial charge in [0.1, 0.15) is 18.1 Å². The number of aryl methyl sites for hydroxylation is 1. The predicted molar refractivity (Wildman–Crippen MR) is 119 cm³/mol. The van der Waals surface area contributed by atoms with Crippen LogP contribution in [0.3, 0.4) is 0 Å². The van der Waals surface area contributed by atoms with E-state index < -0.39 is 0 Å². The van der Waals surface area contributed by atoms with Gasteiger partial charge >= 0.3 is 0 Å². The zero-order chi connectivity index (χ0) is 22.6. The van der Waals surface area contributed by atoms with Gasteiger partial charge in [0.15, 0.2) is 5.82 Å². The van der Waals surface area contributed by atoms with Crippen molar-refractivity contribution < 1.29 is 14.3 Å². The van der Waals surface area contributed by atoms with E-state index in [4.69, 9.17) is 9.47 Å². The van der Waals surface area contributed by atoms with E-state index >= 15 is 0 Å². The van der Waals surface area contributed by atoms with E-state index in [9.17, 15) is 9.59 Å². The number of carbonyl (C=O) groups excluding carboxylic acids is 1. The number of nitrogens with zero attached hydrogens (tertiary/aromatic N) is 3. The van der Waals surface area contributed by atoms with Crippen LogP contribution in [0.25, 0.3) is 11.4 Å². The molecule has 1 aromatic carbocycles. The molecule has 168 valence electrons. The second kappa shape index (κ2) is 12.3. The van der Waals surface area contributed by atoms with Crippen molar-refractivity contribution in [3.05, 3.63) is 70.4 Å². The third-order valence-electron chi connectivity index (χ3n) is 4.61. The number of pyridine rings is 1. The smallest absolute Gasteiger partial charge is 0.273 e. The third-order valence-corrected chi connectivity index (χ3v) is 4.61. The minimum atomic E-state index is -0.353. The summed E-state index contributed by atoms with van der Waals surface area (Å²) in [7, 11) is 0. The molecule has 3 rings (SSSR count). The zero-order valence-corrected chi connectivity index (χ0v) is 18.0. The van der Waals surface area contributed by atoms with E-state index in [-0.39, 0.29) is 30.0 Å². The Hall–Kier alpha value is -3.59. The number of aromatic amines is 1. The number of benzene rings is 1. The molecule has 9 nitrogen and oxygen atoms in total. The fourth-order valence-electron chi connectivity index (χ4n) is 2.92. The van der Waals surface area contributed by atoms with Crippen molar-refractivity contribution in [3.8, 4) is 17.1 Å². The number of carbonyl (C=O) groups is 1. The average Bonchev–Trinajstić information content (AvgIpc) is 2.82. The minimum absolute atomic E-state index is 0.147. The summed E-state index contributed by atoms with van der Waals surface area (Å²) in [5.74, 6) is 0.917. The van der Waals surface area contributed by atoms with E-state index in [2.05, 4.69) is 25.5 Å². The van der Waals surface area contributed by atoms with Crippen LogP contribution in [0.2, 0.25) is 0 Å². The summed E-state index contributed by atoms with van der Waals surface area (Å²) < 4.78 is 10.8. The second-order valence-corrected chi connectivity index (χ2v) is 6.94. The van der Waals surface area contributed by atoms with Crippen molar-refractivity contribution in [3.63, 3.8) is 0 Å². The quantitative estimate of drug-likeness (QED) is 0.416. The van der Waals surface area contributed by atoms with E-state index in [1.165, 1.54) is 0 Å². The lowest BCUT2D eigenvalue weighted by Crippen LogP contribution is -2.27. The Labute approximate surface area is 186 Å². The van der Waals surface area contributed by atoms with E-state index in [0.717, 1.165) is 5.69 Å². The molecule has 2 N–H and O–H groups in total. The number of aromatic nitrogens is 4. The standard InChI is InChI=1S/C23H27N5O4/c1-2-31-15-16-32-19-8-6-17(7-9-19)22-26-23(30)20(27-28-22)10-11-21(29)25-14-12-18-5-3-4-13-24-18/h3-9,13H,2,10-12,14-16H2,1H3,(H,25,29)(H,26,28,30). The number of rotatable bonds is 12. The molecule has 0 saturated carbocycles. The SMILES string of the molecule is CCOCCOc1ccc(-c2nnc(CCC(=O)NCCc3ccccn3)c(=O)[nH]2)cc1. The van der Waals surface area contributed by atoms with Gasteiger partial charge in [-0.2, -0.15) is 0 Å². The Kier molecular flexibility index (Phi) is 8.88. The molecule has 2 aromatic heterocycles. The Bertz CT molecular complexity index is 1040. The molecule has 0 atom stereocenters. The van der Waals surface area contributed by atoms with Crippen LogP contribution < -0.4 is 15.6 Å². The van der Waals surface area contributed by atoms with Gasteiger partial charge in [-0.25, -0.2) is 0 Å². The maximum atomic E-state index is 12.4. The van der Waals surface area contributed by atoms with Crippen LogP contribution in [0.5, 0.6) is 5.75 Å². The maximum absolute atomic E-state index is 12.4. The molecule has 0 unspecified atom stereocenters. The molecular weight excluding hydrogens is 410 g/mol. The summed E-state index contributed by atoms with van der Waals surface area (Å²) in [4.78, 5) is 31.3. The fourth-order valence-corrected chi connectivity index (χ4v) is 2.92. The van der Waals surface area contributed by atoms with E-state index in [1.807, 2.05) is 25.1 Å². The predicted octanol–water partition coefficient (Wildman–Crippen LogP) is 1.93. The van der Waals surface area contributed by atoms with Gasteiger partial charge in [0, 0.05) is 49.9 Å². The molecule has 32 heavy (non-hydrogen) atoms. The Balaban J connectivity index is 1.47. The fraction of sp³-hybridized carbons (Fsp3) is 0.348. The first-order valence-corrected chi connectivity index (χ1v) is 10.6. The maximum Gasteiger partial charge on any atom is 0.273 e. The van der Waals surface area contributed by atoms with Crippen LogP contribution in [-0.4, -0.2) is 52.4 Å². The Morgan fingerprint density at radius 3 is 2.62 bits per heavy atom. The van der Waals surface area contributed by atoms with Gasteiger partial charge in [-0.3, -0.25) is 14.6 Å². The summed E-state index contributed by atoms with van der Waals surface area (Å²) in [5, 5.41) is 10.9. The van der Waals surface area contributed by atoms with Crippen molar-refractivity contribution in [1.82, 2.24) is 25.5 Å².